The number of Topliss-reactive ketones (excluding diaryl/α,β-unsaturated/α-hetero) is 1. The van der Waals surface area contributed by atoms with Crippen LogP contribution in [-0.4, -0.2) is 30.1 Å². The van der Waals surface area contributed by atoms with E-state index in [0.717, 1.165) is 4.73 Å². The summed E-state index contributed by atoms with van der Waals surface area (Å²) in [6.45, 7) is 0. The molecule has 0 saturated heterocycles. The van der Waals surface area contributed by atoms with Crippen LogP contribution in [0.15, 0.2) is 53.5 Å². The predicted octanol–water partition coefficient (Wildman–Crippen LogP) is 2.23. The number of hydrogen-bond acceptors (Lipinski definition) is 5. The van der Waals surface area contributed by atoms with E-state index in [1.165, 1.54) is 0 Å². The quantitative estimate of drug-likeness (QED) is 0.711. The Morgan fingerprint density at radius 1 is 1.08 bits per heavy atom. The van der Waals surface area contributed by atoms with E-state index in [4.69, 9.17) is 8.84 Å². The average Bonchev–Trinajstić information content (AvgIpc) is 3.04. The molecule has 2 aromatic carbocycles. The first-order valence-electron chi connectivity index (χ1n) is 6.93. The zero-order valence-corrected chi connectivity index (χ0v) is 12.9. The van der Waals surface area contributed by atoms with Gasteiger partial charge in [0.25, 0.3) is 0 Å². The molecule has 1 aliphatic heterocycles. The number of aliphatic imine (C=N–C) groups is 1. The molecule has 120 valence electrons. The van der Waals surface area contributed by atoms with Crippen molar-refractivity contribution in [1.29, 1.82) is 0 Å². The Bertz CT molecular complexity index is 1050. The molecule has 8 heteroatoms. The first-order valence-corrected chi connectivity index (χ1v) is 7.96. The first kappa shape index (κ1) is 14.6. The van der Waals surface area contributed by atoms with Gasteiger partial charge in [-0.1, -0.05) is 24.3 Å². The fraction of sp³-hybridized carbons (Fsp3) is 0. The van der Waals surface area contributed by atoms with Gasteiger partial charge in [-0.05, 0) is 24.3 Å². The van der Waals surface area contributed by atoms with Crippen LogP contribution >= 0.6 is 0 Å². The van der Waals surface area contributed by atoms with Gasteiger partial charge in [-0.25, -0.2) is 4.99 Å². The number of fused-ring (bicyclic) bond motifs is 2. The molecule has 0 aliphatic carbocycles. The van der Waals surface area contributed by atoms with Gasteiger partial charge in [-0.15, -0.1) is 0 Å². The Hall–Kier alpha value is -2.97. The van der Waals surface area contributed by atoms with Crippen molar-refractivity contribution in [2.75, 3.05) is 0 Å². The fourth-order valence-electron chi connectivity index (χ4n) is 2.77. The lowest BCUT2D eigenvalue weighted by atomic mass is 10.1. The van der Waals surface area contributed by atoms with Gasteiger partial charge in [0.05, 0.1) is 11.2 Å². The molecule has 1 atom stereocenters. The topological polar surface area (TPSA) is 101 Å². The van der Waals surface area contributed by atoms with Crippen LogP contribution in [0, 0.1) is 0 Å². The molecule has 1 unspecified atom stereocenters. The monoisotopic (exact) mass is 342 g/mol. The van der Waals surface area contributed by atoms with E-state index in [-0.39, 0.29) is 17.2 Å². The minimum absolute atomic E-state index is 0.0460. The number of para-hydroxylation sites is 2. The first-order chi connectivity index (χ1) is 11.6. The third-order valence-corrected chi connectivity index (χ3v) is 4.04. The van der Waals surface area contributed by atoms with Crippen LogP contribution in [0.4, 0.5) is 5.69 Å². The number of benzene rings is 2. The Kier molecular flexibility index (Phi) is 3.22. The second-order valence-electron chi connectivity index (χ2n) is 5.11. The van der Waals surface area contributed by atoms with E-state index in [1.54, 1.807) is 48.5 Å². The average molecular weight is 342 g/mol. The van der Waals surface area contributed by atoms with Crippen molar-refractivity contribution in [3.8, 4) is 5.75 Å². The van der Waals surface area contributed by atoms with Crippen LogP contribution in [0.1, 0.15) is 16.1 Å². The molecule has 7 nitrogen and oxygen atoms in total. The molecule has 0 radical (unpaired) electrons. The SMILES string of the molecule is O=C1C(c2c(O)c3ccccc3n2OS(=O)O)=Nc2ccccc21. The van der Waals surface area contributed by atoms with Crippen LogP contribution in [0.5, 0.6) is 5.75 Å². The fourth-order valence-corrected chi connectivity index (χ4v) is 3.05. The Balaban J connectivity index is 2.00. The number of nitrogens with zero attached hydrogens (tertiary/aromatic N) is 2. The van der Waals surface area contributed by atoms with Crippen molar-refractivity contribution in [1.82, 2.24) is 4.73 Å². The van der Waals surface area contributed by atoms with Gasteiger partial charge in [0.15, 0.2) is 11.4 Å². The lowest BCUT2D eigenvalue weighted by Gasteiger charge is -2.07. The smallest absolute Gasteiger partial charge is 0.377 e. The summed E-state index contributed by atoms with van der Waals surface area (Å²) >= 11 is -2.65. The van der Waals surface area contributed by atoms with Crippen LogP contribution < -0.4 is 4.28 Å². The molecule has 0 bridgehead atoms. The Morgan fingerprint density at radius 3 is 2.54 bits per heavy atom. The van der Waals surface area contributed by atoms with Gasteiger partial charge in [-0.2, -0.15) is 8.94 Å². The molecule has 0 saturated carbocycles. The van der Waals surface area contributed by atoms with Gasteiger partial charge in [0, 0.05) is 10.9 Å². The summed E-state index contributed by atoms with van der Waals surface area (Å²) in [6, 6.07) is 13.3. The molecular formula is C16H10N2O5S. The maximum atomic E-state index is 12.6. The molecular weight excluding hydrogens is 332 g/mol. The van der Waals surface area contributed by atoms with Crippen LogP contribution in [0.25, 0.3) is 10.9 Å². The number of carbonyl (C=O) groups is 1. The van der Waals surface area contributed by atoms with E-state index in [2.05, 4.69) is 4.99 Å². The van der Waals surface area contributed by atoms with Crippen molar-refractivity contribution >= 4 is 39.4 Å². The zero-order valence-electron chi connectivity index (χ0n) is 12.0. The molecule has 2 N–H and O–H groups in total. The predicted molar refractivity (Wildman–Crippen MR) is 87.9 cm³/mol. The van der Waals surface area contributed by atoms with Crippen molar-refractivity contribution in [3.05, 3.63) is 59.8 Å². The lowest BCUT2D eigenvalue weighted by Crippen LogP contribution is -2.22. The van der Waals surface area contributed by atoms with Crippen LogP contribution in [-0.2, 0) is 11.4 Å². The number of carbonyl (C=O) groups excluding carboxylic acids is 1. The van der Waals surface area contributed by atoms with E-state index in [0.29, 0.717) is 22.2 Å². The van der Waals surface area contributed by atoms with E-state index < -0.39 is 17.1 Å². The Morgan fingerprint density at radius 2 is 1.79 bits per heavy atom. The second kappa shape index (κ2) is 5.29. The van der Waals surface area contributed by atoms with Crippen LogP contribution in [0.3, 0.4) is 0 Å². The standard InChI is InChI=1S/C16H10N2O5S/c19-15-9-5-1-3-7-11(9)17-13(15)14-16(20)10-6-2-4-8-12(10)18(14)23-24(21)22/h1-8,20H,(H,21,22). The van der Waals surface area contributed by atoms with Crippen molar-refractivity contribution in [2.45, 2.75) is 0 Å². The molecule has 0 spiro atoms. The third kappa shape index (κ3) is 2.04. The molecule has 1 aromatic heterocycles. The van der Waals surface area contributed by atoms with Crippen molar-refractivity contribution in [3.63, 3.8) is 0 Å². The molecule has 24 heavy (non-hydrogen) atoms. The number of rotatable bonds is 3. The second-order valence-corrected chi connectivity index (χ2v) is 5.69. The van der Waals surface area contributed by atoms with Crippen molar-refractivity contribution in [2.24, 2.45) is 4.99 Å². The highest BCUT2D eigenvalue weighted by Crippen LogP contribution is 2.36. The summed E-state index contributed by atoms with van der Waals surface area (Å²) in [5.41, 5.74) is 1.11. The molecule has 0 amide bonds. The third-order valence-electron chi connectivity index (χ3n) is 3.76. The van der Waals surface area contributed by atoms with Crippen LogP contribution in [0.2, 0.25) is 0 Å². The highest BCUT2D eigenvalue weighted by Gasteiger charge is 2.33. The number of hydrogen-bond donors (Lipinski definition) is 2. The normalized spacial score (nSPS) is 14.5. The number of ketones is 1. The molecule has 2 heterocycles. The van der Waals surface area contributed by atoms with Gasteiger partial charge in [-0.3, -0.25) is 13.6 Å². The van der Waals surface area contributed by atoms with E-state index in [9.17, 15) is 14.1 Å². The molecule has 4 rings (SSSR count). The summed E-state index contributed by atoms with van der Waals surface area (Å²) in [5.74, 6) is -0.631. The van der Waals surface area contributed by atoms with Gasteiger partial charge >= 0.3 is 11.4 Å². The summed E-state index contributed by atoms with van der Waals surface area (Å²) in [4.78, 5) is 16.9. The Labute approximate surface area is 138 Å². The maximum absolute atomic E-state index is 12.6. The van der Waals surface area contributed by atoms with Gasteiger partial charge in [0.2, 0.25) is 5.78 Å². The minimum atomic E-state index is -2.65. The largest absolute Gasteiger partial charge is 0.505 e. The van der Waals surface area contributed by atoms with E-state index in [1.807, 2.05) is 0 Å². The number of aromatic hydroxyl groups is 1. The van der Waals surface area contributed by atoms with Crippen molar-refractivity contribution < 1.29 is 22.9 Å². The van der Waals surface area contributed by atoms with Gasteiger partial charge in [0.1, 0.15) is 5.71 Å². The molecule has 1 aliphatic rings. The summed E-state index contributed by atoms with van der Waals surface area (Å²) in [7, 11) is 0. The minimum Gasteiger partial charge on any atom is -0.505 e. The molecule has 3 aromatic rings. The van der Waals surface area contributed by atoms with E-state index >= 15 is 0 Å². The maximum Gasteiger partial charge on any atom is 0.377 e. The highest BCUT2D eigenvalue weighted by atomic mass is 32.2. The zero-order chi connectivity index (χ0) is 16.8. The lowest BCUT2D eigenvalue weighted by molar-refractivity contribution is 0.106. The number of aromatic nitrogens is 1. The molecule has 0 fully saturated rings. The summed E-state index contributed by atoms with van der Waals surface area (Å²) in [6.07, 6.45) is 0. The summed E-state index contributed by atoms with van der Waals surface area (Å²) in [5, 5.41) is 10.9. The summed E-state index contributed by atoms with van der Waals surface area (Å²) < 4.78 is 26.1. The highest BCUT2D eigenvalue weighted by molar-refractivity contribution is 7.74. The van der Waals surface area contributed by atoms with Gasteiger partial charge < -0.3 is 5.11 Å².